The Hall–Kier alpha value is -2.12. The van der Waals surface area contributed by atoms with Gasteiger partial charge in [-0.1, -0.05) is 36.7 Å². The van der Waals surface area contributed by atoms with Crippen LogP contribution in [0.5, 0.6) is 0 Å². The van der Waals surface area contributed by atoms with Gasteiger partial charge in [-0.25, -0.2) is 4.79 Å². The number of benzene rings is 1. The third kappa shape index (κ3) is 4.74. The van der Waals surface area contributed by atoms with Gasteiger partial charge in [-0.2, -0.15) is 4.98 Å². The predicted octanol–water partition coefficient (Wildman–Crippen LogP) is 2.82. The van der Waals surface area contributed by atoms with Crippen LogP contribution in [0.2, 0.25) is 5.02 Å². The maximum absolute atomic E-state index is 12.2. The van der Waals surface area contributed by atoms with Crippen LogP contribution in [0, 0.1) is 0 Å². The van der Waals surface area contributed by atoms with Crippen LogP contribution in [0.4, 0.5) is 10.7 Å². The van der Waals surface area contributed by atoms with Crippen LogP contribution in [-0.2, 0) is 20.0 Å². The number of rotatable bonds is 5. The molecule has 0 radical (unpaired) electrons. The van der Waals surface area contributed by atoms with Crippen molar-refractivity contribution in [2.24, 2.45) is 7.05 Å². The molecule has 0 bridgehead atoms. The molecule has 2 N–H and O–H groups in total. The highest BCUT2D eigenvalue weighted by Crippen LogP contribution is 2.19. The Kier molecular flexibility index (Phi) is 6.11. The van der Waals surface area contributed by atoms with Gasteiger partial charge in [-0.05, 0) is 24.5 Å². The number of urea groups is 1. The van der Waals surface area contributed by atoms with Gasteiger partial charge in [-0.15, -0.1) is 5.10 Å². The first-order chi connectivity index (χ1) is 12.5. The number of anilines is 1. The standard InChI is InChI=1S/C18H25ClN6O/c1-3-16-21-17(23-24(16)2)22-18(26)20-14-8-10-25(11-9-14)12-13-6-4-5-7-15(13)19/h4-7,14H,3,8-12H2,1-2H3,(H2,20,22,23,26). The average molecular weight is 377 g/mol. The van der Waals surface area contributed by atoms with Gasteiger partial charge < -0.3 is 5.32 Å². The zero-order valence-corrected chi connectivity index (χ0v) is 16.0. The maximum Gasteiger partial charge on any atom is 0.321 e. The first-order valence-corrected chi connectivity index (χ1v) is 9.36. The summed E-state index contributed by atoms with van der Waals surface area (Å²) in [6, 6.07) is 7.85. The van der Waals surface area contributed by atoms with Gasteiger partial charge in [0.2, 0.25) is 5.95 Å². The monoisotopic (exact) mass is 376 g/mol. The molecule has 0 aliphatic carbocycles. The summed E-state index contributed by atoms with van der Waals surface area (Å²) in [6.07, 6.45) is 2.60. The number of nitrogens with one attached hydrogen (secondary N) is 2. The number of aryl methyl sites for hydroxylation is 2. The highest BCUT2D eigenvalue weighted by molar-refractivity contribution is 6.31. The Labute approximate surface area is 158 Å². The van der Waals surface area contributed by atoms with E-state index < -0.39 is 0 Å². The SMILES string of the molecule is CCc1nc(NC(=O)NC2CCN(Cc3ccccc3Cl)CC2)nn1C. The summed E-state index contributed by atoms with van der Waals surface area (Å²) >= 11 is 6.24. The number of aromatic nitrogens is 3. The molecule has 1 aromatic carbocycles. The maximum atomic E-state index is 12.2. The van der Waals surface area contributed by atoms with Gasteiger partial charge in [0.25, 0.3) is 0 Å². The first-order valence-electron chi connectivity index (χ1n) is 8.98. The van der Waals surface area contributed by atoms with Crippen molar-refractivity contribution >= 4 is 23.6 Å². The van der Waals surface area contributed by atoms with Crippen molar-refractivity contribution in [1.82, 2.24) is 25.0 Å². The summed E-state index contributed by atoms with van der Waals surface area (Å²) in [6.45, 7) is 4.70. The molecule has 8 heteroatoms. The Morgan fingerprint density at radius 3 is 2.69 bits per heavy atom. The molecule has 26 heavy (non-hydrogen) atoms. The van der Waals surface area contributed by atoms with E-state index in [-0.39, 0.29) is 12.1 Å². The minimum absolute atomic E-state index is 0.159. The lowest BCUT2D eigenvalue weighted by atomic mass is 10.0. The van der Waals surface area contributed by atoms with Crippen LogP contribution in [0.25, 0.3) is 0 Å². The summed E-state index contributed by atoms with van der Waals surface area (Å²) in [4.78, 5) is 18.8. The van der Waals surface area contributed by atoms with Crippen molar-refractivity contribution in [2.75, 3.05) is 18.4 Å². The van der Waals surface area contributed by atoms with Crippen LogP contribution in [0.15, 0.2) is 24.3 Å². The Morgan fingerprint density at radius 1 is 1.31 bits per heavy atom. The van der Waals surface area contributed by atoms with Crippen LogP contribution >= 0.6 is 11.6 Å². The number of nitrogens with zero attached hydrogens (tertiary/aromatic N) is 4. The Bertz CT molecular complexity index is 754. The molecule has 7 nitrogen and oxygen atoms in total. The zero-order valence-electron chi connectivity index (χ0n) is 15.2. The average Bonchev–Trinajstić information content (AvgIpc) is 2.97. The molecule has 2 amide bonds. The number of halogens is 1. The largest absolute Gasteiger partial charge is 0.335 e. The van der Waals surface area contributed by atoms with Crippen LogP contribution in [0.1, 0.15) is 31.2 Å². The minimum Gasteiger partial charge on any atom is -0.335 e. The van der Waals surface area contributed by atoms with E-state index in [2.05, 4.69) is 31.7 Å². The van der Waals surface area contributed by atoms with E-state index in [1.54, 1.807) is 4.68 Å². The van der Waals surface area contributed by atoms with E-state index in [0.29, 0.717) is 5.95 Å². The van der Waals surface area contributed by atoms with Crippen LogP contribution < -0.4 is 10.6 Å². The topological polar surface area (TPSA) is 75.1 Å². The first kappa shape index (κ1) is 18.7. The van der Waals surface area contributed by atoms with Crippen LogP contribution in [0.3, 0.4) is 0 Å². The number of carbonyl (C=O) groups excluding carboxylic acids is 1. The highest BCUT2D eigenvalue weighted by atomic mass is 35.5. The molecule has 140 valence electrons. The van der Waals surface area contributed by atoms with Crippen molar-refractivity contribution in [1.29, 1.82) is 0 Å². The van der Waals surface area contributed by atoms with Crippen molar-refractivity contribution in [3.8, 4) is 0 Å². The fourth-order valence-corrected chi connectivity index (χ4v) is 3.40. The number of amides is 2. The highest BCUT2D eigenvalue weighted by Gasteiger charge is 2.21. The van der Waals surface area contributed by atoms with E-state index in [1.807, 2.05) is 32.2 Å². The quantitative estimate of drug-likeness (QED) is 0.841. The molecule has 1 aromatic heterocycles. The molecule has 2 heterocycles. The molecule has 1 fully saturated rings. The molecule has 0 spiro atoms. The minimum atomic E-state index is -0.247. The van der Waals surface area contributed by atoms with Gasteiger partial charge in [0.05, 0.1) is 0 Å². The lowest BCUT2D eigenvalue weighted by Crippen LogP contribution is -2.45. The molecule has 1 aliphatic rings. The second-order valence-electron chi connectivity index (χ2n) is 6.57. The second kappa shape index (κ2) is 8.51. The predicted molar refractivity (Wildman–Crippen MR) is 102 cm³/mol. The molecule has 2 aromatic rings. The van der Waals surface area contributed by atoms with Gasteiger partial charge in [-0.3, -0.25) is 14.9 Å². The molecule has 0 unspecified atom stereocenters. The summed E-state index contributed by atoms with van der Waals surface area (Å²) in [5.74, 6) is 1.19. The van der Waals surface area contributed by atoms with E-state index in [1.165, 1.54) is 0 Å². The molecule has 1 aliphatic heterocycles. The molecular weight excluding hydrogens is 352 g/mol. The van der Waals surface area contributed by atoms with Crippen LogP contribution in [-0.4, -0.2) is 44.8 Å². The third-order valence-electron chi connectivity index (χ3n) is 4.67. The normalized spacial score (nSPS) is 15.8. The van der Waals surface area contributed by atoms with Crippen molar-refractivity contribution in [3.05, 3.63) is 40.7 Å². The van der Waals surface area contributed by atoms with E-state index in [9.17, 15) is 4.79 Å². The smallest absolute Gasteiger partial charge is 0.321 e. The lowest BCUT2D eigenvalue weighted by molar-refractivity contribution is 0.190. The third-order valence-corrected chi connectivity index (χ3v) is 5.04. The lowest BCUT2D eigenvalue weighted by Gasteiger charge is -2.32. The number of hydrogen-bond donors (Lipinski definition) is 2. The number of hydrogen-bond acceptors (Lipinski definition) is 4. The van der Waals surface area contributed by atoms with Gasteiger partial charge in [0, 0.05) is 44.2 Å². The van der Waals surface area contributed by atoms with E-state index >= 15 is 0 Å². The fourth-order valence-electron chi connectivity index (χ4n) is 3.20. The van der Waals surface area contributed by atoms with Crippen molar-refractivity contribution in [3.63, 3.8) is 0 Å². The summed E-state index contributed by atoms with van der Waals surface area (Å²) in [5.41, 5.74) is 1.14. The van der Waals surface area contributed by atoms with Gasteiger partial charge in [0.1, 0.15) is 5.82 Å². The number of likely N-dealkylation sites (tertiary alicyclic amines) is 1. The zero-order chi connectivity index (χ0) is 18.5. The van der Waals surface area contributed by atoms with Gasteiger partial charge in [0.15, 0.2) is 0 Å². The Morgan fingerprint density at radius 2 is 2.04 bits per heavy atom. The van der Waals surface area contributed by atoms with E-state index in [0.717, 1.165) is 55.3 Å². The molecule has 0 saturated carbocycles. The van der Waals surface area contributed by atoms with Crippen molar-refractivity contribution < 1.29 is 4.79 Å². The summed E-state index contributed by atoms with van der Waals surface area (Å²) in [7, 11) is 1.82. The Balaban J connectivity index is 1.44. The fraction of sp³-hybridized carbons (Fsp3) is 0.500. The second-order valence-corrected chi connectivity index (χ2v) is 6.98. The molecule has 3 rings (SSSR count). The summed E-state index contributed by atoms with van der Waals surface area (Å²) < 4.78 is 1.68. The summed E-state index contributed by atoms with van der Waals surface area (Å²) in [5, 5.41) is 10.7. The molecular formula is C18H25ClN6O. The molecule has 0 atom stereocenters. The number of carbonyl (C=O) groups is 1. The van der Waals surface area contributed by atoms with Crippen molar-refractivity contribution in [2.45, 2.75) is 38.8 Å². The number of piperidine rings is 1. The van der Waals surface area contributed by atoms with Gasteiger partial charge >= 0.3 is 6.03 Å². The molecule has 1 saturated heterocycles. The van der Waals surface area contributed by atoms with E-state index in [4.69, 9.17) is 11.6 Å².